The zero-order chi connectivity index (χ0) is 12.4. The van der Waals surface area contributed by atoms with E-state index < -0.39 is 0 Å². The molecular formula is C10H17N5O2. The number of hydrazine groups is 1. The van der Waals surface area contributed by atoms with Crippen LogP contribution in [0.2, 0.25) is 0 Å². The highest BCUT2D eigenvalue weighted by molar-refractivity contribution is 5.95. The molecule has 1 aromatic rings. The normalized spacial score (nSPS) is 25.8. The summed E-state index contributed by atoms with van der Waals surface area (Å²) in [5.74, 6) is -0.357. The molecule has 17 heavy (non-hydrogen) atoms. The van der Waals surface area contributed by atoms with E-state index >= 15 is 0 Å². The largest absolute Gasteiger partial charge is 0.379 e. The molecule has 7 heteroatoms. The second-order valence-corrected chi connectivity index (χ2v) is 4.48. The third kappa shape index (κ3) is 2.38. The molecular weight excluding hydrogens is 222 g/mol. The van der Waals surface area contributed by atoms with E-state index in [0.717, 1.165) is 12.8 Å². The Hall–Kier alpha value is -1.63. The minimum absolute atomic E-state index is 0.0137. The summed E-state index contributed by atoms with van der Waals surface area (Å²) >= 11 is 0. The van der Waals surface area contributed by atoms with E-state index in [4.69, 9.17) is 5.73 Å². The van der Waals surface area contributed by atoms with Gasteiger partial charge >= 0.3 is 0 Å². The number of nitrogen functional groups attached to an aromatic ring is 1. The van der Waals surface area contributed by atoms with Gasteiger partial charge in [0.05, 0.1) is 0 Å². The van der Waals surface area contributed by atoms with Gasteiger partial charge in [-0.15, -0.1) is 0 Å². The van der Waals surface area contributed by atoms with Gasteiger partial charge in [-0.2, -0.15) is 0 Å². The van der Waals surface area contributed by atoms with Crippen LogP contribution in [0.3, 0.4) is 0 Å². The molecule has 1 aromatic heterocycles. The summed E-state index contributed by atoms with van der Waals surface area (Å²) < 4.78 is 4.40. The average molecular weight is 239 g/mol. The Morgan fingerprint density at radius 1 is 1.41 bits per heavy atom. The second-order valence-electron chi connectivity index (χ2n) is 4.48. The summed E-state index contributed by atoms with van der Waals surface area (Å²) in [5, 5.41) is 8.81. The molecule has 0 spiro atoms. The number of nitrogens with two attached hydrogens (primary N) is 1. The molecule has 94 valence electrons. The Labute approximate surface area is 99.3 Å². The fourth-order valence-electron chi connectivity index (χ4n) is 2.16. The monoisotopic (exact) mass is 239 g/mol. The number of nitrogens with one attached hydrogen (secondary N) is 1. The van der Waals surface area contributed by atoms with Gasteiger partial charge in [0.1, 0.15) is 0 Å². The Morgan fingerprint density at radius 2 is 2.06 bits per heavy atom. The minimum atomic E-state index is -0.371. The summed E-state index contributed by atoms with van der Waals surface area (Å²) in [4.78, 5) is 11.9. The Balaban J connectivity index is 2.05. The van der Waals surface area contributed by atoms with Crippen LogP contribution in [0.25, 0.3) is 0 Å². The number of rotatable bonds is 2. The fraction of sp³-hybridized carbons (Fsp3) is 0.700. The summed E-state index contributed by atoms with van der Waals surface area (Å²) in [6.45, 7) is 4.17. The zero-order valence-corrected chi connectivity index (χ0v) is 10.0. The van der Waals surface area contributed by atoms with Crippen molar-refractivity contribution in [2.45, 2.75) is 45.2 Å². The SMILES string of the molecule is CC1CCCC(C)N1NC(=O)c1nonc1N. The Bertz CT molecular complexity index is 395. The van der Waals surface area contributed by atoms with Crippen LogP contribution in [0, 0.1) is 0 Å². The van der Waals surface area contributed by atoms with Gasteiger partial charge in [-0.25, -0.2) is 9.64 Å². The third-order valence-electron chi connectivity index (χ3n) is 3.15. The van der Waals surface area contributed by atoms with E-state index in [0.29, 0.717) is 12.1 Å². The summed E-state index contributed by atoms with van der Waals surface area (Å²) in [6.07, 6.45) is 3.32. The molecule has 0 aliphatic carbocycles. The number of hydrogen-bond acceptors (Lipinski definition) is 6. The van der Waals surface area contributed by atoms with Crippen LogP contribution in [0.1, 0.15) is 43.6 Å². The first-order valence-electron chi connectivity index (χ1n) is 5.77. The van der Waals surface area contributed by atoms with Crippen molar-refractivity contribution in [1.82, 2.24) is 20.7 Å². The molecule has 0 aromatic carbocycles. The second kappa shape index (κ2) is 4.70. The lowest BCUT2D eigenvalue weighted by atomic mass is 10.00. The van der Waals surface area contributed by atoms with Crippen molar-refractivity contribution in [3.8, 4) is 0 Å². The van der Waals surface area contributed by atoms with E-state index in [9.17, 15) is 4.79 Å². The topological polar surface area (TPSA) is 97.3 Å². The van der Waals surface area contributed by atoms with Crippen molar-refractivity contribution in [3.05, 3.63) is 5.69 Å². The average Bonchev–Trinajstić information content (AvgIpc) is 2.70. The van der Waals surface area contributed by atoms with Crippen LogP contribution >= 0.6 is 0 Å². The van der Waals surface area contributed by atoms with Crippen LogP contribution in [0.15, 0.2) is 4.63 Å². The lowest BCUT2D eigenvalue weighted by molar-refractivity contribution is 0.0364. The standard InChI is InChI=1S/C10H17N5O2/c1-6-4-3-5-7(2)15(6)12-10(16)8-9(11)14-17-13-8/h6-7H,3-5H2,1-2H3,(H2,11,14)(H,12,16). The highest BCUT2D eigenvalue weighted by Gasteiger charge is 2.28. The Kier molecular flexibility index (Phi) is 3.28. The van der Waals surface area contributed by atoms with Gasteiger partial charge in [-0.3, -0.25) is 10.2 Å². The molecule has 2 atom stereocenters. The number of anilines is 1. The number of carbonyl (C=O) groups excluding carboxylic acids is 1. The highest BCUT2D eigenvalue weighted by atomic mass is 16.6. The molecule has 0 bridgehead atoms. The number of hydrogen-bond donors (Lipinski definition) is 2. The first-order valence-corrected chi connectivity index (χ1v) is 5.77. The van der Waals surface area contributed by atoms with E-state index in [1.54, 1.807) is 0 Å². The lowest BCUT2D eigenvalue weighted by Gasteiger charge is -2.38. The van der Waals surface area contributed by atoms with Gasteiger partial charge in [0.25, 0.3) is 5.91 Å². The van der Waals surface area contributed by atoms with Gasteiger partial charge in [-0.05, 0) is 37.0 Å². The molecule has 1 saturated heterocycles. The van der Waals surface area contributed by atoms with E-state index in [2.05, 4.69) is 34.2 Å². The van der Waals surface area contributed by atoms with Crippen molar-refractivity contribution >= 4 is 11.7 Å². The van der Waals surface area contributed by atoms with Gasteiger partial charge < -0.3 is 5.73 Å². The molecule has 3 N–H and O–H groups in total. The first kappa shape index (κ1) is 11.8. The smallest absolute Gasteiger partial charge is 0.291 e. The number of piperidine rings is 1. The molecule has 0 radical (unpaired) electrons. The van der Waals surface area contributed by atoms with Crippen molar-refractivity contribution in [1.29, 1.82) is 0 Å². The predicted molar refractivity (Wildman–Crippen MR) is 60.8 cm³/mol. The van der Waals surface area contributed by atoms with Crippen LogP contribution in [0.5, 0.6) is 0 Å². The maximum Gasteiger partial charge on any atom is 0.291 e. The van der Waals surface area contributed by atoms with Crippen LogP contribution in [0.4, 0.5) is 5.82 Å². The highest BCUT2D eigenvalue weighted by Crippen LogP contribution is 2.20. The number of nitrogens with zero attached hydrogens (tertiary/aromatic N) is 3. The van der Waals surface area contributed by atoms with E-state index in [1.165, 1.54) is 6.42 Å². The van der Waals surface area contributed by atoms with Gasteiger partial charge in [0, 0.05) is 12.1 Å². The van der Waals surface area contributed by atoms with Gasteiger partial charge in [0.15, 0.2) is 0 Å². The van der Waals surface area contributed by atoms with Crippen LogP contribution in [-0.4, -0.2) is 33.3 Å². The summed E-state index contributed by atoms with van der Waals surface area (Å²) in [7, 11) is 0. The molecule has 0 saturated carbocycles. The van der Waals surface area contributed by atoms with Gasteiger partial charge in [0.2, 0.25) is 11.5 Å². The van der Waals surface area contributed by atoms with Crippen molar-refractivity contribution in [2.24, 2.45) is 0 Å². The molecule has 1 aliphatic heterocycles. The molecule has 2 rings (SSSR count). The van der Waals surface area contributed by atoms with E-state index in [1.807, 2.05) is 5.01 Å². The maximum atomic E-state index is 11.9. The quantitative estimate of drug-likeness (QED) is 0.782. The molecule has 2 unspecified atom stereocenters. The molecule has 1 aliphatic rings. The molecule has 1 amide bonds. The summed E-state index contributed by atoms with van der Waals surface area (Å²) in [6, 6.07) is 0.618. The van der Waals surface area contributed by atoms with Crippen LogP contribution in [-0.2, 0) is 0 Å². The summed E-state index contributed by atoms with van der Waals surface area (Å²) in [5.41, 5.74) is 8.32. The van der Waals surface area contributed by atoms with Gasteiger partial charge in [-0.1, -0.05) is 6.42 Å². The van der Waals surface area contributed by atoms with Crippen molar-refractivity contribution in [3.63, 3.8) is 0 Å². The molecule has 7 nitrogen and oxygen atoms in total. The zero-order valence-electron chi connectivity index (χ0n) is 10.0. The first-order chi connectivity index (χ1) is 8.09. The van der Waals surface area contributed by atoms with Crippen LogP contribution < -0.4 is 11.2 Å². The number of carbonyl (C=O) groups is 1. The molecule has 1 fully saturated rings. The minimum Gasteiger partial charge on any atom is -0.379 e. The number of aromatic nitrogens is 2. The predicted octanol–water partition coefficient (Wildman–Crippen LogP) is 0.560. The molecule has 2 heterocycles. The third-order valence-corrected chi connectivity index (χ3v) is 3.15. The number of amides is 1. The Morgan fingerprint density at radius 3 is 2.59 bits per heavy atom. The van der Waals surface area contributed by atoms with Crippen molar-refractivity contribution < 1.29 is 9.42 Å². The van der Waals surface area contributed by atoms with Crippen molar-refractivity contribution in [2.75, 3.05) is 5.73 Å². The lowest BCUT2D eigenvalue weighted by Crippen LogP contribution is -2.54. The fourth-order valence-corrected chi connectivity index (χ4v) is 2.16. The van der Waals surface area contributed by atoms with E-state index in [-0.39, 0.29) is 17.4 Å². The maximum absolute atomic E-state index is 11.9.